The van der Waals surface area contributed by atoms with E-state index in [1.165, 1.54) is 0 Å². The normalized spacial score (nSPS) is 10.7. The van der Waals surface area contributed by atoms with Crippen molar-refractivity contribution in [3.05, 3.63) is 41.6 Å². The minimum atomic E-state index is -0.201. The van der Waals surface area contributed by atoms with E-state index in [1.807, 2.05) is 38.1 Å². The maximum Gasteiger partial charge on any atom is 0.270 e. The van der Waals surface area contributed by atoms with E-state index in [9.17, 15) is 4.79 Å². The summed E-state index contributed by atoms with van der Waals surface area (Å²) < 4.78 is 5.24. The summed E-state index contributed by atoms with van der Waals surface area (Å²) in [7, 11) is 3.91. The second-order valence-corrected chi connectivity index (χ2v) is 5.21. The number of nitrogens with zero attached hydrogens (tertiary/aromatic N) is 3. The molecule has 0 unspecified atom stereocenters. The van der Waals surface area contributed by atoms with Gasteiger partial charge in [-0.05, 0) is 39.2 Å². The quantitative estimate of drug-likeness (QED) is 0.802. The van der Waals surface area contributed by atoms with Gasteiger partial charge in [-0.15, -0.1) is 0 Å². The molecule has 2 rings (SSSR count). The highest BCUT2D eigenvalue weighted by Gasteiger charge is 2.10. The summed E-state index contributed by atoms with van der Waals surface area (Å²) in [4.78, 5) is 22.6. The molecular weight excluding hydrogens is 282 g/mol. The Labute approximate surface area is 129 Å². The zero-order chi connectivity index (χ0) is 15.9. The number of anilines is 1. The molecule has 0 bridgehead atoms. The molecule has 2 heterocycles. The molecule has 2 aromatic rings. The standard InChI is InChI=1S/C15H21N5O2/c1-11-9-13(14(21)16-6-7-20(2)3)19-15(18-11)17-10-12-5-4-8-22-12/h4-5,8-9H,6-7,10H2,1-3H3,(H,16,21)(H,17,18,19). The van der Waals surface area contributed by atoms with Crippen LogP contribution in [0.25, 0.3) is 0 Å². The highest BCUT2D eigenvalue weighted by Crippen LogP contribution is 2.08. The van der Waals surface area contributed by atoms with Crippen molar-refractivity contribution in [2.24, 2.45) is 0 Å². The van der Waals surface area contributed by atoms with Gasteiger partial charge in [0.2, 0.25) is 5.95 Å². The van der Waals surface area contributed by atoms with Gasteiger partial charge < -0.3 is 20.0 Å². The summed E-state index contributed by atoms with van der Waals surface area (Å²) in [6.07, 6.45) is 1.61. The monoisotopic (exact) mass is 303 g/mol. The molecule has 0 atom stereocenters. The second-order valence-electron chi connectivity index (χ2n) is 5.21. The van der Waals surface area contributed by atoms with Crippen molar-refractivity contribution in [1.29, 1.82) is 0 Å². The maximum absolute atomic E-state index is 12.1. The first-order valence-corrected chi connectivity index (χ1v) is 7.09. The highest BCUT2D eigenvalue weighted by atomic mass is 16.3. The number of carbonyl (C=O) groups is 1. The van der Waals surface area contributed by atoms with Gasteiger partial charge in [-0.3, -0.25) is 4.79 Å². The molecule has 1 amide bonds. The molecule has 2 aromatic heterocycles. The van der Waals surface area contributed by atoms with Crippen molar-refractivity contribution in [3.63, 3.8) is 0 Å². The third-order valence-corrected chi connectivity index (χ3v) is 2.93. The number of aryl methyl sites for hydroxylation is 1. The fourth-order valence-electron chi connectivity index (χ4n) is 1.83. The molecule has 7 heteroatoms. The Morgan fingerprint density at radius 1 is 1.36 bits per heavy atom. The fourth-order valence-corrected chi connectivity index (χ4v) is 1.83. The van der Waals surface area contributed by atoms with Gasteiger partial charge in [-0.2, -0.15) is 0 Å². The predicted molar refractivity (Wildman–Crippen MR) is 83.7 cm³/mol. The van der Waals surface area contributed by atoms with Gasteiger partial charge in [0.1, 0.15) is 11.5 Å². The molecule has 2 N–H and O–H groups in total. The molecule has 0 aliphatic carbocycles. The van der Waals surface area contributed by atoms with Crippen molar-refractivity contribution in [2.45, 2.75) is 13.5 Å². The summed E-state index contributed by atoms with van der Waals surface area (Å²) in [6.45, 7) is 3.65. The van der Waals surface area contributed by atoms with Crippen LogP contribution in [0.2, 0.25) is 0 Å². The average Bonchev–Trinajstić information content (AvgIpc) is 2.97. The van der Waals surface area contributed by atoms with Crippen LogP contribution in [0.1, 0.15) is 21.9 Å². The van der Waals surface area contributed by atoms with E-state index >= 15 is 0 Å². The smallest absolute Gasteiger partial charge is 0.270 e. The molecule has 7 nitrogen and oxygen atoms in total. The topological polar surface area (TPSA) is 83.3 Å². The molecule has 118 valence electrons. The number of amides is 1. The van der Waals surface area contributed by atoms with Crippen molar-refractivity contribution in [3.8, 4) is 0 Å². The lowest BCUT2D eigenvalue weighted by molar-refractivity contribution is 0.0946. The first kappa shape index (κ1) is 16.0. The minimum Gasteiger partial charge on any atom is -0.467 e. The molecule has 0 spiro atoms. The maximum atomic E-state index is 12.1. The lowest BCUT2D eigenvalue weighted by atomic mass is 10.3. The number of aromatic nitrogens is 2. The lowest BCUT2D eigenvalue weighted by Gasteiger charge is -2.11. The van der Waals surface area contributed by atoms with Crippen LogP contribution < -0.4 is 10.6 Å². The van der Waals surface area contributed by atoms with Gasteiger partial charge in [-0.25, -0.2) is 9.97 Å². The molecule has 0 aliphatic rings. The van der Waals surface area contributed by atoms with E-state index in [-0.39, 0.29) is 5.91 Å². The van der Waals surface area contributed by atoms with Crippen molar-refractivity contribution < 1.29 is 9.21 Å². The first-order chi connectivity index (χ1) is 10.5. The van der Waals surface area contributed by atoms with E-state index < -0.39 is 0 Å². The summed E-state index contributed by atoms with van der Waals surface area (Å²) >= 11 is 0. The first-order valence-electron chi connectivity index (χ1n) is 7.09. The Morgan fingerprint density at radius 3 is 2.86 bits per heavy atom. The molecule has 0 fully saturated rings. The van der Waals surface area contributed by atoms with Crippen LogP contribution in [-0.2, 0) is 6.54 Å². The minimum absolute atomic E-state index is 0.201. The van der Waals surface area contributed by atoms with E-state index in [0.29, 0.717) is 24.7 Å². The molecule has 0 aromatic carbocycles. The van der Waals surface area contributed by atoms with Crippen LogP contribution in [0.15, 0.2) is 28.9 Å². The van der Waals surface area contributed by atoms with Gasteiger partial charge >= 0.3 is 0 Å². The highest BCUT2D eigenvalue weighted by molar-refractivity contribution is 5.92. The largest absolute Gasteiger partial charge is 0.467 e. The number of rotatable bonds is 7. The van der Waals surface area contributed by atoms with Crippen molar-refractivity contribution in [1.82, 2.24) is 20.2 Å². The van der Waals surface area contributed by atoms with Crippen LogP contribution >= 0.6 is 0 Å². The molecule has 0 radical (unpaired) electrons. The zero-order valence-electron chi connectivity index (χ0n) is 13.1. The number of hydrogen-bond donors (Lipinski definition) is 2. The number of carbonyl (C=O) groups excluding carboxylic acids is 1. The molecule has 0 aliphatic heterocycles. The van der Waals surface area contributed by atoms with E-state index in [2.05, 4.69) is 20.6 Å². The summed E-state index contributed by atoms with van der Waals surface area (Å²) in [5.41, 5.74) is 1.09. The Hall–Kier alpha value is -2.41. The number of nitrogens with one attached hydrogen (secondary N) is 2. The van der Waals surface area contributed by atoms with Crippen LogP contribution in [0.4, 0.5) is 5.95 Å². The fraction of sp³-hybridized carbons (Fsp3) is 0.400. The van der Waals surface area contributed by atoms with Gasteiger partial charge in [0.05, 0.1) is 12.8 Å². The summed E-state index contributed by atoms with van der Waals surface area (Å²) in [5.74, 6) is 0.990. The van der Waals surface area contributed by atoms with Crippen molar-refractivity contribution in [2.75, 3.05) is 32.5 Å². The van der Waals surface area contributed by atoms with Crippen molar-refractivity contribution >= 4 is 11.9 Å². The molecule has 0 saturated heterocycles. The second kappa shape index (κ2) is 7.56. The SMILES string of the molecule is Cc1cc(C(=O)NCCN(C)C)nc(NCc2ccco2)n1. The van der Waals surface area contributed by atoms with Crippen LogP contribution in [0, 0.1) is 6.92 Å². The van der Waals surface area contributed by atoms with Crippen LogP contribution in [-0.4, -0.2) is 48.0 Å². The Bertz CT molecular complexity index is 610. The third kappa shape index (κ3) is 4.85. The third-order valence-electron chi connectivity index (χ3n) is 2.93. The summed E-state index contributed by atoms with van der Waals surface area (Å²) in [5, 5.41) is 5.89. The molecule has 0 saturated carbocycles. The Balaban J connectivity index is 1.98. The number of likely N-dealkylation sites (N-methyl/N-ethyl adjacent to an activating group) is 1. The molecular formula is C15H21N5O2. The predicted octanol–water partition coefficient (Wildman–Crippen LogP) is 1.28. The number of furan rings is 1. The van der Waals surface area contributed by atoms with Gasteiger partial charge in [0, 0.05) is 18.8 Å². The van der Waals surface area contributed by atoms with Gasteiger partial charge in [-0.1, -0.05) is 0 Å². The Kier molecular flexibility index (Phi) is 5.48. The lowest BCUT2D eigenvalue weighted by Crippen LogP contribution is -2.32. The summed E-state index contributed by atoms with van der Waals surface area (Å²) in [6, 6.07) is 5.35. The van der Waals surface area contributed by atoms with E-state index in [4.69, 9.17) is 4.42 Å². The average molecular weight is 303 g/mol. The van der Waals surface area contributed by atoms with Gasteiger partial charge in [0.15, 0.2) is 0 Å². The van der Waals surface area contributed by atoms with Gasteiger partial charge in [0.25, 0.3) is 5.91 Å². The number of hydrogen-bond acceptors (Lipinski definition) is 6. The molecule has 22 heavy (non-hydrogen) atoms. The zero-order valence-corrected chi connectivity index (χ0v) is 13.1. The van der Waals surface area contributed by atoms with E-state index in [1.54, 1.807) is 12.3 Å². The van der Waals surface area contributed by atoms with E-state index in [0.717, 1.165) is 18.0 Å². The van der Waals surface area contributed by atoms with Crippen LogP contribution in [0.3, 0.4) is 0 Å². The van der Waals surface area contributed by atoms with Crippen LogP contribution in [0.5, 0.6) is 0 Å². The Morgan fingerprint density at radius 2 is 2.18 bits per heavy atom.